The zero-order valence-electron chi connectivity index (χ0n) is 13.8. The van der Waals surface area contributed by atoms with Gasteiger partial charge in [0.1, 0.15) is 11.6 Å². The summed E-state index contributed by atoms with van der Waals surface area (Å²) in [5.74, 6) is -1.45. The molecule has 0 fully saturated rings. The van der Waals surface area contributed by atoms with Crippen molar-refractivity contribution in [3.05, 3.63) is 60.2 Å². The van der Waals surface area contributed by atoms with Gasteiger partial charge in [0, 0.05) is 19.3 Å². The lowest BCUT2D eigenvalue weighted by Crippen LogP contribution is -2.41. The van der Waals surface area contributed by atoms with Gasteiger partial charge in [0.2, 0.25) is 15.9 Å². The minimum Gasteiger partial charge on any atom is -0.314 e. The van der Waals surface area contributed by atoms with E-state index >= 15 is 0 Å². The van der Waals surface area contributed by atoms with Gasteiger partial charge in [-0.2, -0.15) is 4.31 Å². The molecule has 0 aliphatic heterocycles. The average molecular weight is 368 g/mol. The highest BCUT2D eigenvalue weighted by atomic mass is 32.2. The van der Waals surface area contributed by atoms with Crippen LogP contribution in [0.5, 0.6) is 0 Å². The lowest BCUT2D eigenvalue weighted by Gasteiger charge is -2.24. The third-order valence-corrected chi connectivity index (χ3v) is 5.64. The summed E-state index contributed by atoms with van der Waals surface area (Å²) in [6.45, 7) is 1.29. The lowest BCUT2D eigenvalue weighted by molar-refractivity contribution is -0.118. The molecule has 0 saturated carbocycles. The molecule has 0 unspecified atom stereocenters. The van der Waals surface area contributed by atoms with E-state index in [9.17, 15) is 22.0 Å². The first-order valence-corrected chi connectivity index (χ1v) is 8.97. The Labute approximate surface area is 145 Å². The van der Waals surface area contributed by atoms with Crippen molar-refractivity contribution in [2.75, 3.05) is 25.0 Å². The van der Waals surface area contributed by atoms with E-state index in [1.165, 1.54) is 36.2 Å². The Morgan fingerprint density at radius 2 is 1.44 bits per heavy atom. The normalized spacial score (nSPS) is 11.6. The third kappa shape index (κ3) is 4.40. The van der Waals surface area contributed by atoms with Crippen LogP contribution in [0.1, 0.15) is 6.92 Å². The minimum absolute atomic E-state index is 0.0721. The van der Waals surface area contributed by atoms with Gasteiger partial charge < -0.3 is 4.90 Å². The first kappa shape index (κ1) is 19.0. The van der Waals surface area contributed by atoms with Gasteiger partial charge in [0.05, 0.1) is 11.4 Å². The molecule has 134 valence electrons. The van der Waals surface area contributed by atoms with Gasteiger partial charge in [0.15, 0.2) is 0 Å². The topological polar surface area (TPSA) is 57.7 Å². The fourth-order valence-electron chi connectivity index (χ4n) is 2.19. The Hall–Kier alpha value is -2.32. The number of likely N-dealkylation sites (N-methyl/N-ethyl adjacent to an activating group) is 2. The van der Waals surface area contributed by atoms with Crippen molar-refractivity contribution in [1.82, 2.24) is 4.31 Å². The van der Waals surface area contributed by atoms with Gasteiger partial charge in [-0.1, -0.05) is 6.92 Å². The minimum atomic E-state index is -3.93. The molecule has 25 heavy (non-hydrogen) atoms. The third-order valence-electron chi connectivity index (χ3n) is 3.70. The van der Waals surface area contributed by atoms with Crippen molar-refractivity contribution < 1.29 is 22.0 Å². The van der Waals surface area contributed by atoms with E-state index in [-0.39, 0.29) is 18.0 Å². The molecule has 8 heteroatoms. The second kappa shape index (κ2) is 7.71. The van der Waals surface area contributed by atoms with Crippen molar-refractivity contribution in [1.29, 1.82) is 0 Å². The van der Waals surface area contributed by atoms with Gasteiger partial charge in [-0.15, -0.1) is 0 Å². The number of amides is 1. The van der Waals surface area contributed by atoms with Crippen LogP contribution in [0.3, 0.4) is 0 Å². The highest BCUT2D eigenvalue weighted by molar-refractivity contribution is 7.89. The molecule has 0 saturated heterocycles. The summed E-state index contributed by atoms with van der Waals surface area (Å²) in [6, 6.07) is 9.69. The number of rotatable bonds is 6. The first-order chi connectivity index (χ1) is 11.8. The summed E-state index contributed by atoms with van der Waals surface area (Å²) >= 11 is 0. The summed E-state index contributed by atoms with van der Waals surface area (Å²) < 4.78 is 52.2. The van der Waals surface area contributed by atoms with E-state index in [2.05, 4.69) is 0 Å². The first-order valence-electron chi connectivity index (χ1n) is 7.53. The summed E-state index contributed by atoms with van der Waals surface area (Å²) in [7, 11) is -2.45. The van der Waals surface area contributed by atoms with Crippen LogP contribution in [-0.4, -0.2) is 38.8 Å². The summed E-state index contributed by atoms with van der Waals surface area (Å²) in [4.78, 5) is 13.6. The van der Waals surface area contributed by atoms with Crippen molar-refractivity contribution >= 4 is 21.6 Å². The van der Waals surface area contributed by atoms with Gasteiger partial charge in [-0.25, -0.2) is 17.2 Å². The Kier molecular flexibility index (Phi) is 5.86. The van der Waals surface area contributed by atoms with E-state index in [0.29, 0.717) is 5.69 Å². The van der Waals surface area contributed by atoms with Crippen LogP contribution >= 0.6 is 0 Å². The summed E-state index contributed by atoms with van der Waals surface area (Å²) in [5.41, 5.74) is 0.446. The number of carbonyl (C=O) groups is 1. The summed E-state index contributed by atoms with van der Waals surface area (Å²) in [5, 5.41) is 0. The lowest BCUT2D eigenvalue weighted by atomic mass is 10.3. The van der Waals surface area contributed by atoms with Crippen LogP contribution in [0.4, 0.5) is 14.5 Å². The predicted octanol–water partition coefficient (Wildman–Crippen LogP) is 2.64. The maximum atomic E-state index is 13.0. The standard InChI is InChI=1S/C17H18F2N2O3S/c1-3-21(25(23,24)16-10-6-14(19)7-11-16)12-17(22)20(2)15-8-4-13(18)5-9-15/h4-11H,3,12H2,1-2H3. The van der Waals surface area contributed by atoms with Gasteiger partial charge >= 0.3 is 0 Å². The van der Waals surface area contributed by atoms with Crippen LogP contribution in [0.25, 0.3) is 0 Å². The van der Waals surface area contributed by atoms with Crippen LogP contribution < -0.4 is 4.90 Å². The maximum absolute atomic E-state index is 13.0. The van der Waals surface area contributed by atoms with E-state index in [0.717, 1.165) is 28.6 Å². The molecular weight excluding hydrogens is 350 g/mol. The fourth-order valence-corrected chi connectivity index (χ4v) is 3.59. The number of hydrogen-bond donors (Lipinski definition) is 0. The maximum Gasteiger partial charge on any atom is 0.243 e. The molecule has 0 aromatic heterocycles. The van der Waals surface area contributed by atoms with E-state index < -0.39 is 27.6 Å². The summed E-state index contributed by atoms with van der Waals surface area (Å²) in [6.07, 6.45) is 0. The second-order valence-corrected chi connectivity index (χ2v) is 7.25. The molecule has 0 radical (unpaired) electrons. The van der Waals surface area contributed by atoms with Gasteiger partial charge in [-0.05, 0) is 48.5 Å². The van der Waals surface area contributed by atoms with E-state index in [1.54, 1.807) is 6.92 Å². The van der Waals surface area contributed by atoms with Crippen molar-refractivity contribution in [3.63, 3.8) is 0 Å². The van der Waals surface area contributed by atoms with Crippen LogP contribution in [0.2, 0.25) is 0 Å². The Balaban J connectivity index is 2.19. The van der Waals surface area contributed by atoms with Gasteiger partial charge in [0.25, 0.3) is 0 Å². The Morgan fingerprint density at radius 1 is 0.960 bits per heavy atom. The predicted molar refractivity (Wildman–Crippen MR) is 90.6 cm³/mol. The van der Waals surface area contributed by atoms with Crippen molar-refractivity contribution in [2.24, 2.45) is 0 Å². The number of benzene rings is 2. The van der Waals surface area contributed by atoms with Crippen molar-refractivity contribution in [3.8, 4) is 0 Å². The zero-order valence-corrected chi connectivity index (χ0v) is 14.6. The molecular formula is C17H18F2N2O3S. The Bertz CT molecular complexity index is 837. The highest BCUT2D eigenvalue weighted by Gasteiger charge is 2.26. The molecule has 0 heterocycles. The number of hydrogen-bond acceptors (Lipinski definition) is 3. The number of carbonyl (C=O) groups excluding carboxylic acids is 1. The molecule has 0 bridgehead atoms. The molecule has 2 aromatic rings. The monoisotopic (exact) mass is 368 g/mol. The molecule has 0 aliphatic rings. The largest absolute Gasteiger partial charge is 0.314 e. The molecule has 5 nitrogen and oxygen atoms in total. The fraction of sp³-hybridized carbons (Fsp3) is 0.235. The smallest absolute Gasteiger partial charge is 0.243 e. The molecule has 0 atom stereocenters. The quantitative estimate of drug-likeness (QED) is 0.788. The molecule has 2 aromatic carbocycles. The number of nitrogens with zero attached hydrogens (tertiary/aromatic N) is 2. The highest BCUT2D eigenvalue weighted by Crippen LogP contribution is 2.18. The zero-order chi connectivity index (χ0) is 18.6. The molecule has 2 rings (SSSR count). The number of anilines is 1. The van der Waals surface area contributed by atoms with Crippen LogP contribution in [-0.2, 0) is 14.8 Å². The second-order valence-electron chi connectivity index (χ2n) is 5.31. The van der Waals surface area contributed by atoms with Crippen molar-refractivity contribution in [2.45, 2.75) is 11.8 Å². The van der Waals surface area contributed by atoms with Crippen LogP contribution in [0.15, 0.2) is 53.4 Å². The Morgan fingerprint density at radius 3 is 1.92 bits per heavy atom. The number of halogens is 2. The average Bonchev–Trinajstić information content (AvgIpc) is 2.59. The van der Waals surface area contributed by atoms with Gasteiger partial charge in [-0.3, -0.25) is 4.79 Å². The molecule has 1 amide bonds. The molecule has 0 N–H and O–H groups in total. The molecule has 0 aliphatic carbocycles. The van der Waals surface area contributed by atoms with E-state index in [4.69, 9.17) is 0 Å². The number of sulfonamides is 1. The molecule has 0 spiro atoms. The SMILES string of the molecule is CCN(CC(=O)N(C)c1ccc(F)cc1)S(=O)(=O)c1ccc(F)cc1. The van der Waals surface area contributed by atoms with Crippen LogP contribution in [0, 0.1) is 11.6 Å². The van der Waals surface area contributed by atoms with E-state index in [1.807, 2.05) is 0 Å².